The number of halogens is 1. The van der Waals surface area contributed by atoms with Crippen molar-refractivity contribution in [2.24, 2.45) is 5.92 Å². The Morgan fingerprint density at radius 3 is 2.90 bits per heavy atom. The first-order chi connectivity index (χ1) is 14.0. The summed E-state index contributed by atoms with van der Waals surface area (Å²) in [4.78, 5) is 27.8. The number of fused-ring (bicyclic) bond motifs is 1. The quantitative estimate of drug-likeness (QED) is 0.638. The molecule has 10 heteroatoms. The fraction of sp³-hybridized carbons (Fsp3) is 0.263. The van der Waals surface area contributed by atoms with Crippen LogP contribution in [0.2, 0.25) is 0 Å². The largest absolute Gasteiger partial charge is 0.461 e. The molecule has 1 aliphatic rings. The summed E-state index contributed by atoms with van der Waals surface area (Å²) >= 11 is 2.45. The van der Waals surface area contributed by atoms with Gasteiger partial charge in [0, 0.05) is 28.3 Å². The molecule has 0 saturated carbocycles. The molecule has 4 rings (SSSR count). The Hall–Kier alpha value is -2.90. The van der Waals surface area contributed by atoms with Crippen LogP contribution in [0.3, 0.4) is 0 Å². The number of thioether (sulfide) groups is 1. The molecular weight excluding hydrogens is 415 g/mol. The number of H-pyrrole nitrogens is 1. The Morgan fingerprint density at radius 2 is 2.21 bits per heavy atom. The average molecular weight is 430 g/mol. The highest BCUT2D eigenvalue weighted by Gasteiger charge is 2.38. The second-order valence-electron chi connectivity index (χ2n) is 6.31. The summed E-state index contributed by atoms with van der Waals surface area (Å²) in [6.45, 7) is 1.87. The molecule has 3 heterocycles. The van der Waals surface area contributed by atoms with Gasteiger partial charge in [-0.1, -0.05) is 11.3 Å². The number of nitrogens with one attached hydrogen (secondary N) is 1. The van der Waals surface area contributed by atoms with Gasteiger partial charge in [-0.3, -0.25) is 4.79 Å². The van der Waals surface area contributed by atoms with Gasteiger partial charge in [0.15, 0.2) is 5.69 Å². The van der Waals surface area contributed by atoms with Crippen LogP contribution in [0.1, 0.15) is 33.8 Å². The summed E-state index contributed by atoms with van der Waals surface area (Å²) in [5.41, 5.74) is 1.15. The number of hydrogen-bond acceptors (Lipinski definition) is 7. The molecule has 1 aliphatic heterocycles. The van der Waals surface area contributed by atoms with Gasteiger partial charge in [-0.05, 0) is 31.2 Å². The Kier molecular flexibility index (Phi) is 5.25. The van der Waals surface area contributed by atoms with Crippen LogP contribution in [0.25, 0.3) is 5.69 Å². The molecule has 1 N–H and O–H groups in total. The van der Waals surface area contributed by atoms with E-state index in [2.05, 4.69) is 16.2 Å². The van der Waals surface area contributed by atoms with Gasteiger partial charge in [0.2, 0.25) is 0 Å². The molecule has 0 unspecified atom stereocenters. The lowest BCUT2D eigenvalue weighted by atomic mass is 9.86. The third-order valence-corrected chi connectivity index (χ3v) is 6.77. The molecule has 0 fully saturated rings. The zero-order chi connectivity index (χ0) is 20.5. The molecule has 1 aromatic carbocycles. The number of carbonyl (C=O) groups excluding carboxylic acids is 1. The minimum Gasteiger partial charge on any atom is -0.461 e. The van der Waals surface area contributed by atoms with Gasteiger partial charge in [0.25, 0.3) is 0 Å². The van der Waals surface area contributed by atoms with Gasteiger partial charge >= 0.3 is 10.8 Å². The summed E-state index contributed by atoms with van der Waals surface area (Å²) in [5.74, 6) is -1.46. The van der Waals surface area contributed by atoms with Gasteiger partial charge in [0.05, 0.1) is 29.3 Å². The molecule has 0 amide bonds. The summed E-state index contributed by atoms with van der Waals surface area (Å²) < 4.78 is 19.9. The number of aromatic nitrogens is 3. The van der Waals surface area contributed by atoms with E-state index in [4.69, 9.17) is 4.74 Å². The number of nitrogens with zero attached hydrogens (tertiary/aromatic N) is 3. The second-order valence-corrected chi connectivity index (χ2v) is 8.35. The monoisotopic (exact) mass is 430 g/mol. The first-order valence-corrected chi connectivity index (χ1v) is 10.6. The first kappa shape index (κ1) is 19.4. The highest BCUT2D eigenvalue weighted by Crippen LogP contribution is 2.45. The van der Waals surface area contributed by atoms with Gasteiger partial charge in [0.1, 0.15) is 5.82 Å². The highest BCUT2D eigenvalue weighted by molar-refractivity contribution is 7.99. The standard InChI is InChI=1S/C19H15FN4O3S2/c1-2-27-18(25)15-13(8-24(23-15)12-5-3-11(20)4-6-12)14-10(7-21)9-28-17-16(14)29-19(26)22-17/h3-6,8,10,14H,2,9H2,1H3,(H,22,26)/t10-,14-/m0/s1. The van der Waals surface area contributed by atoms with E-state index < -0.39 is 17.8 Å². The van der Waals surface area contributed by atoms with E-state index in [0.29, 0.717) is 26.9 Å². The molecule has 7 nitrogen and oxygen atoms in total. The van der Waals surface area contributed by atoms with Gasteiger partial charge in [-0.2, -0.15) is 10.4 Å². The van der Waals surface area contributed by atoms with E-state index in [1.807, 2.05) is 0 Å². The van der Waals surface area contributed by atoms with Crippen LogP contribution in [0, 0.1) is 23.1 Å². The lowest BCUT2D eigenvalue weighted by Gasteiger charge is -2.25. The number of ether oxygens (including phenoxy) is 1. The van der Waals surface area contributed by atoms with Crippen LogP contribution in [0.15, 0.2) is 40.3 Å². The molecule has 29 heavy (non-hydrogen) atoms. The van der Waals surface area contributed by atoms with Crippen molar-refractivity contribution in [2.45, 2.75) is 17.9 Å². The number of nitriles is 1. The Labute approximate surface area is 173 Å². The van der Waals surface area contributed by atoms with Gasteiger partial charge in [-0.25, -0.2) is 13.9 Å². The van der Waals surface area contributed by atoms with Gasteiger partial charge in [-0.15, -0.1) is 11.8 Å². The molecule has 0 bridgehead atoms. The normalized spacial score (nSPS) is 18.1. The number of rotatable bonds is 4. The minimum absolute atomic E-state index is 0.0834. The van der Waals surface area contributed by atoms with Gasteiger partial charge < -0.3 is 9.72 Å². The lowest BCUT2D eigenvalue weighted by Crippen LogP contribution is -2.21. The maximum Gasteiger partial charge on any atom is 0.359 e. The smallest absolute Gasteiger partial charge is 0.359 e. The maximum absolute atomic E-state index is 13.3. The highest BCUT2D eigenvalue weighted by atomic mass is 32.2. The molecule has 0 spiro atoms. The number of aromatic amines is 1. The predicted molar refractivity (Wildman–Crippen MR) is 106 cm³/mol. The Bertz CT molecular complexity index is 1160. The average Bonchev–Trinajstić information content (AvgIpc) is 3.31. The van der Waals surface area contributed by atoms with Crippen LogP contribution in [0.5, 0.6) is 0 Å². The summed E-state index contributed by atoms with van der Waals surface area (Å²) in [6, 6.07) is 7.97. The molecule has 2 aromatic heterocycles. The van der Waals surface area contributed by atoms with E-state index in [1.165, 1.54) is 28.6 Å². The predicted octanol–water partition coefficient (Wildman–Crippen LogP) is 3.32. The molecule has 0 saturated heterocycles. The number of benzene rings is 1. The van der Waals surface area contributed by atoms with E-state index in [1.54, 1.807) is 25.3 Å². The van der Waals surface area contributed by atoms with Crippen molar-refractivity contribution in [1.82, 2.24) is 14.8 Å². The minimum atomic E-state index is -0.609. The topological polar surface area (TPSA) is 101 Å². The number of hydrogen-bond donors (Lipinski definition) is 1. The summed E-state index contributed by atoms with van der Waals surface area (Å²) in [7, 11) is 0. The van der Waals surface area contributed by atoms with Crippen molar-refractivity contribution in [2.75, 3.05) is 12.4 Å². The van der Waals surface area contributed by atoms with Crippen LogP contribution in [-0.2, 0) is 4.74 Å². The summed E-state index contributed by atoms with van der Waals surface area (Å²) in [6.07, 6.45) is 1.65. The zero-order valence-electron chi connectivity index (χ0n) is 15.2. The molecule has 148 valence electrons. The van der Waals surface area contributed by atoms with Crippen LogP contribution < -0.4 is 4.87 Å². The molecule has 0 radical (unpaired) electrons. The van der Waals surface area contributed by atoms with E-state index >= 15 is 0 Å². The number of carbonyl (C=O) groups is 1. The molecule has 2 atom stereocenters. The molecule has 3 aromatic rings. The number of thiazole rings is 1. The van der Waals surface area contributed by atoms with E-state index in [9.17, 15) is 19.2 Å². The van der Waals surface area contributed by atoms with Crippen molar-refractivity contribution in [3.8, 4) is 11.8 Å². The maximum atomic E-state index is 13.3. The third-order valence-electron chi connectivity index (χ3n) is 4.54. The van der Waals surface area contributed by atoms with Crippen molar-refractivity contribution >= 4 is 29.1 Å². The third kappa shape index (κ3) is 3.59. The van der Waals surface area contributed by atoms with Crippen LogP contribution >= 0.6 is 23.1 Å². The SMILES string of the molecule is CCOC(=O)c1nn(-c2ccc(F)cc2)cc1[C@H]1c2sc(=O)[nH]c2SC[C@@H]1C#N. The summed E-state index contributed by atoms with van der Waals surface area (Å²) in [5, 5.41) is 14.8. The molecule has 0 aliphatic carbocycles. The van der Waals surface area contributed by atoms with Crippen molar-refractivity contribution < 1.29 is 13.9 Å². The van der Waals surface area contributed by atoms with Crippen molar-refractivity contribution in [1.29, 1.82) is 5.26 Å². The number of esters is 1. The van der Waals surface area contributed by atoms with Crippen molar-refractivity contribution in [3.63, 3.8) is 0 Å². The van der Waals surface area contributed by atoms with E-state index in [0.717, 1.165) is 11.3 Å². The van der Waals surface area contributed by atoms with Crippen LogP contribution in [-0.4, -0.2) is 33.1 Å². The zero-order valence-corrected chi connectivity index (χ0v) is 16.8. The fourth-order valence-electron chi connectivity index (χ4n) is 3.26. The van der Waals surface area contributed by atoms with Crippen molar-refractivity contribution in [3.05, 3.63) is 62.1 Å². The Balaban J connectivity index is 1.89. The Morgan fingerprint density at radius 1 is 1.45 bits per heavy atom. The fourth-order valence-corrected chi connectivity index (χ4v) is 5.59. The van der Waals surface area contributed by atoms with Crippen LogP contribution in [0.4, 0.5) is 4.39 Å². The first-order valence-electron chi connectivity index (χ1n) is 8.79. The second kappa shape index (κ2) is 7.85. The van der Waals surface area contributed by atoms with E-state index in [-0.39, 0.29) is 23.0 Å². The molecular formula is C19H15FN4O3S2. The lowest BCUT2D eigenvalue weighted by molar-refractivity contribution is 0.0517.